The lowest BCUT2D eigenvalue weighted by atomic mass is 10.1. The van der Waals surface area contributed by atoms with Crippen molar-refractivity contribution in [3.8, 4) is 0 Å². The predicted octanol–water partition coefficient (Wildman–Crippen LogP) is 3.26. The van der Waals surface area contributed by atoms with Crippen LogP contribution in [0.15, 0.2) is 18.2 Å². The Hall–Kier alpha value is -0.650. The SMILES string of the molecule is CSC1(CNCC(O)c2cc(F)ccc2F)CCCC1. The van der Waals surface area contributed by atoms with Gasteiger partial charge >= 0.3 is 0 Å². The summed E-state index contributed by atoms with van der Waals surface area (Å²) >= 11 is 1.85. The highest BCUT2D eigenvalue weighted by molar-refractivity contribution is 8.00. The van der Waals surface area contributed by atoms with E-state index in [0.717, 1.165) is 24.7 Å². The molecular weight excluding hydrogens is 280 g/mol. The number of hydrogen-bond donors (Lipinski definition) is 2. The molecule has 2 nitrogen and oxygen atoms in total. The first-order valence-electron chi connectivity index (χ1n) is 6.95. The maximum Gasteiger partial charge on any atom is 0.129 e. The summed E-state index contributed by atoms with van der Waals surface area (Å²) in [5.74, 6) is -1.10. The van der Waals surface area contributed by atoms with E-state index < -0.39 is 17.7 Å². The molecule has 2 rings (SSSR count). The van der Waals surface area contributed by atoms with Gasteiger partial charge in [0, 0.05) is 23.4 Å². The van der Waals surface area contributed by atoms with E-state index in [1.807, 2.05) is 11.8 Å². The van der Waals surface area contributed by atoms with Gasteiger partial charge in [0.2, 0.25) is 0 Å². The standard InChI is InChI=1S/C15H21F2NOS/c1-20-15(6-2-3-7-15)10-18-9-14(19)12-8-11(16)4-5-13(12)17/h4-5,8,14,18-19H,2-3,6-7,9-10H2,1H3. The summed E-state index contributed by atoms with van der Waals surface area (Å²) in [5.41, 5.74) is 0.0159. The summed E-state index contributed by atoms with van der Waals surface area (Å²) in [4.78, 5) is 0. The van der Waals surface area contributed by atoms with Crippen LogP contribution in [0.3, 0.4) is 0 Å². The Labute approximate surface area is 123 Å². The Balaban J connectivity index is 1.88. The molecule has 0 radical (unpaired) electrons. The molecule has 0 spiro atoms. The molecule has 20 heavy (non-hydrogen) atoms. The van der Waals surface area contributed by atoms with Crippen molar-refractivity contribution >= 4 is 11.8 Å². The van der Waals surface area contributed by atoms with E-state index >= 15 is 0 Å². The van der Waals surface area contributed by atoms with Crippen molar-refractivity contribution in [2.24, 2.45) is 0 Å². The topological polar surface area (TPSA) is 32.3 Å². The van der Waals surface area contributed by atoms with Crippen LogP contribution in [0.4, 0.5) is 8.78 Å². The maximum absolute atomic E-state index is 13.5. The molecule has 5 heteroatoms. The molecule has 112 valence electrons. The van der Waals surface area contributed by atoms with Gasteiger partial charge in [0.25, 0.3) is 0 Å². The van der Waals surface area contributed by atoms with Crippen molar-refractivity contribution in [1.82, 2.24) is 5.32 Å². The van der Waals surface area contributed by atoms with Gasteiger partial charge in [-0.15, -0.1) is 0 Å². The molecule has 0 bridgehead atoms. The summed E-state index contributed by atoms with van der Waals surface area (Å²) in [6.07, 6.45) is 5.91. The third-order valence-corrected chi connectivity index (χ3v) is 5.47. The molecule has 2 N–H and O–H groups in total. The molecule has 1 aliphatic carbocycles. The van der Waals surface area contributed by atoms with Gasteiger partial charge in [0.15, 0.2) is 0 Å². The number of halogens is 2. The number of hydrogen-bond acceptors (Lipinski definition) is 3. The van der Waals surface area contributed by atoms with E-state index in [9.17, 15) is 13.9 Å². The molecule has 1 aliphatic rings. The van der Waals surface area contributed by atoms with Gasteiger partial charge in [0.1, 0.15) is 11.6 Å². The van der Waals surface area contributed by atoms with Gasteiger partial charge in [-0.25, -0.2) is 8.78 Å². The van der Waals surface area contributed by atoms with Crippen molar-refractivity contribution in [2.45, 2.75) is 36.5 Å². The summed E-state index contributed by atoms with van der Waals surface area (Å²) in [6.45, 7) is 1.03. The largest absolute Gasteiger partial charge is 0.387 e. The first-order chi connectivity index (χ1) is 9.56. The summed E-state index contributed by atoms with van der Waals surface area (Å²) in [5, 5.41) is 13.2. The van der Waals surface area contributed by atoms with Crippen LogP contribution in [-0.2, 0) is 0 Å². The lowest BCUT2D eigenvalue weighted by Gasteiger charge is -2.27. The van der Waals surface area contributed by atoms with Gasteiger partial charge < -0.3 is 10.4 Å². The van der Waals surface area contributed by atoms with Crippen molar-refractivity contribution in [3.63, 3.8) is 0 Å². The van der Waals surface area contributed by atoms with Crippen molar-refractivity contribution in [1.29, 1.82) is 0 Å². The van der Waals surface area contributed by atoms with Crippen molar-refractivity contribution in [3.05, 3.63) is 35.4 Å². The van der Waals surface area contributed by atoms with Crippen molar-refractivity contribution in [2.75, 3.05) is 19.3 Å². The second-order valence-corrected chi connectivity index (χ2v) is 6.68. The fraction of sp³-hybridized carbons (Fsp3) is 0.600. The monoisotopic (exact) mass is 301 g/mol. The second kappa shape index (κ2) is 6.87. The third-order valence-electron chi connectivity index (χ3n) is 4.05. The first-order valence-corrected chi connectivity index (χ1v) is 8.18. The van der Waals surface area contributed by atoms with Crippen LogP contribution >= 0.6 is 11.8 Å². The molecule has 0 aromatic heterocycles. The summed E-state index contributed by atoms with van der Waals surface area (Å²) in [7, 11) is 0. The van der Waals surface area contributed by atoms with Gasteiger partial charge in [-0.2, -0.15) is 11.8 Å². The first kappa shape index (κ1) is 15.7. The molecule has 1 unspecified atom stereocenters. The molecule has 1 saturated carbocycles. The highest BCUT2D eigenvalue weighted by atomic mass is 32.2. The maximum atomic E-state index is 13.5. The number of rotatable bonds is 6. The average molecular weight is 301 g/mol. The van der Waals surface area contributed by atoms with Crippen molar-refractivity contribution < 1.29 is 13.9 Å². The molecule has 1 aromatic carbocycles. The number of aliphatic hydroxyl groups excluding tert-OH is 1. The Kier molecular flexibility index (Phi) is 5.41. The molecule has 0 heterocycles. The van der Waals surface area contributed by atoms with E-state index in [1.54, 1.807) is 0 Å². The summed E-state index contributed by atoms with van der Waals surface area (Å²) < 4.78 is 26.9. The lowest BCUT2D eigenvalue weighted by Crippen LogP contribution is -2.37. The Morgan fingerprint density at radius 2 is 2.05 bits per heavy atom. The summed E-state index contributed by atoms with van der Waals surface area (Å²) in [6, 6.07) is 3.16. The Morgan fingerprint density at radius 3 is 2.70 bits per heavy atom. The van der Waals surface area contributed by atoms with Crippen LogP contribution in [0.1, 0.15) is 37.4 Å². The van der Waals surface area contributed by atoms with Crippen LogP contribution in [-0.4, -0.2) is 29.2 Å². The lowest BCUT2D eigenvalue weighted by molar-refractivity contribution is 0.168. The quantitative estimate of drug-likeness (QED) is 0.846. The highest BCUT2D eigenvalue weighted by Crippen LogP contribution is 2.39. The van der Waals surface area contributed by atoms with Gasteiger partial charge in [0.05, 0.1) is 6.10 Å². The predicted molar refractivity (Wildman–Crippen MR) is 78.9 cm³/mol. The van der Waals surface area contributed by atoms with E-state index in [-0.39, 0.29) is 16.9 Å². The smallest absolute Gasteiger partial charge is 0.129 e. The van der Waals surface area contributed by atoms with Gasteiger partial charge in [-0.05, 0) is 37.3 Å². The minimum absolute atomic E-state index is 0.0159. The number of thioether (sulfide) groups is 1. The number of aliphatic hydroxyl groups is 1. The normalized spacial score (nSPS) is 19.2. The minimum atomic E-state index is -1.02. The highest BCUT2D eigenvalue weighted by Gasteiger charge is 2.32. The Bertz CT molecular complexity index is 449. The molecule has 0 aliphatic heterocycles. The molecule has 1 aromatic rings. The number of benzene rings is 1. The van der Waals surface area contributed by atoms with E-state index in [0.29, 0.717) is 0 Å². The fourth-order valence-corrected chi connectivity index (χ4v) is 3.73. The average Bonchev–Trinajstić information content (AvgIpc) is 2.91. The zero-order valence-electron chi connectivity index (χ0n) is 11.7. The van der Waals surface area contributed by atoms with E-state index in [4.69, 9.17) is 0 Å². The molecule has 0 saturated heterocycles. The van der Waals surface area contributed by atoms with Gasteiger partial charge in [-0.3, -0.25) is 0 Å². The Morgan fingerprint density at radius 1 is 1.35 bits per heavy atom. The van der Waals surface area contributed by atoms with Crippen LogP contribution in [0.5, 0.6) is 0 Å². The van der Waals surface area contributed by atoms with Crippen LogP contribution in [0, 0.1) is 11.6 Å². The molecule has 1 fully saturated rings. The second-order valence-electron chi connectivity index (χ2n) is 5.41. The third kappa shape index (κ3) is 3.71. The minimum Gasteiger partial charge on any atom is -0.387 e. The fourth-order valence-electron chi connectivity index (χ4n) is 2.79. The molecule has 0 amide bonds. The zero-order valence-corrected chi connectivity index (χ0v) is 12.5. The van der Waals surface area contributed by atoms with Crippen LogP contribution in [0.2, 0.25) is 0 Å². The van der Waals surface area contributed by atoms with E-state index in [1.165, 1.54) is 25.7 Å². The van der Waals surface area contributed by atoms with E-state index in [2.05, 4.69) is 11.6 Å². The molecule has 1 atom stereocenters. The van der Waals surface area contributed by atoms with Crippen LogP contribution in [0.25, 0.3) is 0 Å². The zero-order chi connectivity index (χ0) is 14.6. The molecular formula is C15H21F2NOS. The van der Waals surface area contributed by atoms with Crippen LogP contribution < -0.4 is 5.32 Å². The van der Waals surface area contributed by atoms with Gasteiger partial charge in [-0.1, -0.05) is 12.8 Å². The number of nitrogens with one attached hydrogen (secondary N) is 1.